The van der Waals surface area contributed by atoms with Gasteiger partial charge in [0, 0.05) is 25.2 Å². The molecule has 1 unspecified atom stereocenters. The summed E-state index contributed by atoms with van der Waals surface area (Å²) in [5.41, 5.74) is 1.19. The average Bonchev–Trinajstić information content (AvgIpc) is 2.67. The molecule has 2 heterocycles. The molecule has 1 fully saturated rings. The van der Waals surface area contributed by atoms with Gasteiger partial charge in [-0.2, -0.15) is 0 Å². The van der Waals surface area contributed by atoms with Crippen LogP contribution in [0.15, 0.2) is 16.7 Å². The van der Waals surface area contributed by atoms with Gasteiger partial charge in [-0.05, 0) is 53.2 Å². The molecule has 0 aliphatic carbocycles. The number of hydrogen-bond acceptors (Lipinski definition) is 2. The van der Waals surface area contributed by atoms with Gasteiger partial charge in [-0.1, -0.05) is 0 Å². The third-order valence-corrected chi connectivity index (χ3v) is 3.86. The molecule has 1 aromatic heterocycles. The molecule has 2 rings (SSSR count). The van der Waals surface area contributed by atoms with E-state index in [1.807, 2.05) is 6.20 Å². The summed E-state index contributed by atoms with van der Waals surface area (Å²) in [5.74, 6) is 2.57. The van der Waals surface area contributed by atoms with E-state index >= 15 is 0 Å². The summed E-state index contributed by atoms with van der Waals surface area (Å²) in [6.07, 6.45) is 4.27. The van der Waals surface area contributed by atoms with Crippen molar-refractivity contribution in [3.8, 4) is 0 Å². The maximum atomic E-state index is 5.78. The predicted molar refractivity (Wildman–Crippen MR) is 72.3 cm³/mol. The van der Waals surface area contributed by atoms with Gasteiger partial charge in [0.15, 0.2) is 0 Å². The minimum Gasteiger partial charge on any atom is -0.355 e. The standard InChI is InChI=1S/C12H16BrClN2/c1-9-6-11(13)12(15-7-9)16-5-3-10(8-16)2-4-14/h6-7,10H,2-5,8H2,1H3. The maximum absolute atomic E-state index is 5.78. The Morgan fingerprint density at radius 1 is 1.62 bits per heavy atom. The number of rotatable bonds is 3. The van der Waals surface area contributed by atoms with E-state index in [0.29, 0.717) is 0 Å². The first-order valence-electron chi connectivity index (χ1n) is 5.63. The normalized spacial score (nSPS) is 20.4. The zero-order chi connectivity index (χ0) is 11.5. The third-order valence-electron chi connectivity index (χ3n) is 3.06. The zero-order valence-corrected chi connectivity index (χ0v) is 11.8. The molecule has 1 saturated heterocycles. The summed E-state index contributed by atoms with van der Waals surface area (Å²) in [4.78, 5) is 6.85. The Kier molecular flexibility index (Phi) is 4.09. The molecule has 2 nitrogen and oxygen atoms in total. The summed E-state index contributed by atoms with van der Waals surface area (Å²) in [6, 6.07) is 2.12. The molecule has 1 aliphatic rings. The second-order valence-corrected chi connectivity index (χ2v) is 5.63. The van der Waals surface area contributed by atoms with Crippen LogP contribution in [0, 0.1) is 12.8 Å². The van der Waals surface area contributed by atoms with Gasteiger partial charge >= 0.3 is 0 Å². The summed E-state index contributed by atoms with van der Waals surface area (Å²) in [7, 11) is 0. The Morgan fingerprint density at radius 2 is 2.44 bits per heavy atom. The zero-order valence-electron chi connectivity index (χ0n) is 9.42. The molecule has 0 aromatic carbocycles. The van der Waals surface area contributed by atoms with Crippen LogP contribution >= 0.6 is 27.5 Å². The topological polar surface area (TPSA) is 16.1 Å². The van der Waals surface area contributed by atoms with E-state index in [-0.39, 0.29) is 0 Å². The summed E-state index contributed by atoms with van der Waals surface area (Å²) in [5, 5.41) is 0. The van der Waals surface area contributed by atoms with Crippen LogP contribution in [0.25, 0.3) is 0 Å². The minimum absolute atomic E-state index is 0.729. The summed E-state index contributed by atoms with van der Waals surface area (Å²) < 4.78 is 1.10. The number of pyridine rings is 1. The van der Waals surface area contributed by atoms with Crippen molar-refractivity contribution in [3.05, 3.63) is 22.3 Å². The fourth-order valence-corrected chi connectivity index (χ4v) is 3.20. The largest absolute Gasteiger partial charge is 0.355 e. The molecule has 16 heavy (non-hydrogen) atoms. The first-order chi connectivity index (χ1) is 7.70. The van der Waals surface area contributed by atoms with E-state index in [4.69, 9.17) is 11.6 Å². The highest BCUT2D eigenvalue weighted by Crippen LogP contribution is 2.30. The van der Waals surface area contributed by atoms with E-state index < -0.39 is 0 Å². The second kappa shape index (κ2) is 5.37. The third kappa shape index (κ3) is 2.69. The molecule has 0 N–H and O–H groups in total. The Hall–Kier alpha value is -0.280. The smallest absolute Gasteiger partial charge is 0.142 e. The van der Waals surface area contributed by atoms with Crippen molar-refractivity contribution < 1.29 is 0 Å². The lowest BCUT2D eigenvalue weighted by molar-refractivity contribution is 0.572. The van der Waals surface area contributed by atoms with Crippen LogP contribution in [0.1, 0.15) is 18.4 Å². The van der Waals surface area contributed by atoms with Gasteiger partial charge in [0.05, 0.1) is 4.47 Å². The Labute approximate surface area is 110 Å². The van der Waals surface area contributed by atoms with Crippen LogP contribution < -0.4 is 4.90 Å². The number of nitrogens with zero attached hydrogens (tertiary/aromatic N) is 2. The Morgan fingerprint density at radius 3 is 3.12 bits per heavy atom. The number of aromatic nitrogens is 1. The molecular weight excluding hydrogens is 288 g/mol. The van der Waals surface area contributed by atoms with Gasteiger partial charge in [-0.25, -0.2) is 4.98 Å². The molecule has 4 heteroatoms. The van der Waals surface area contributed by atoms with Crippen LogP contribution in [0.3, 0.4) is 0 Å². The second-order valence-electron chi connectivity index (χ2n) is 4.40. The number of halogens is 2. The van der Waals surface area contributed by atoms with E-state index in [1.165, 1.54) is 12.0 Å². The van der Waals surface area contributed by atoms with Gasteiger partial charge < -0.3 is 4.90 Å². The number of anilines is 1. The van der Waals surface area contributed by atoms with E-state index in [2.05, 4.69) is 38.8 Å². The molecule has 0 amide bonds. The fourth-order valence-electron chi connectivity index (χ4n) is 2.17. The summed E-state index contributed by atoms with van der Waals surface area (Å²) >= 11 is 9.37. The molecular formula is C12H16BrClN2. The predicted octanol–water partition coefficient (Wildman–Crippen LogP) is 3.61. The van der Waals surface area contributed by atoms with Crippen LogP contribution in [0.5, 0.6) is 0 Å². The van der Waals surface area contributed by atoms with Gasteiger partial charge in [0.2, 0.25) is 0 Å². The minimum atomic E-state index is 0.729. The maximum Gasteiger partial charge on any atom is 0.142 e. The average molecular weight is 304 g/mol. The Balaban J connectivity index is 2.08. The molecule has 0 saturated carbocycles. The number of alkyl halides is 1. The Bertz CT molecular complexity index is 370. The van der Waals surface area contributed by atoms with Crippen LogP contribution in [0.2, 0.25) is 0 Å². The van der Waals surface area contributed by atoms with Crippen LogP contribution in [-0.4, -0.2) is 24.0 Å². The summed E-state index contributed by atoms with van der Waals surface area (Å²) in [6.45, 7) is 4.24. The van der Waals surface area contributed by atoms with Gasteiger partial charge in [0.25, 0.3) is 0 Å². The van der Waals surface area contributed by atoms with Crippen molar-refractivity contribution in [1.29, 1.82) is 0 Å². The highest BCUT2D eigenvalue weighted by Gasteiger charge is 2.24. The van der Waals surface area contributed by atoms with Gasteiger partial charge in [0.1, 0.15) is 5.82 Å². The molecule has 1 aliphatic heterocycles. The highest BCUT2D eigenvalue weighted by molar-refractivity contribution is 9.10. The van der Waals surface area contributed by atoms with E-state index in [0.717, 1.165) is 41.6 Å². The van der Waals surface area contributed by atoms with Crippen molar-refractivity contribution in [2.75, 3.05) is 23.9 Å². The van der Waals surface area contributed by atoms with Crippen molar-refractivity contribution in [3.63, 3.8) is 0 Å². The van der Waals surface area contributed by atoms with Gasteiger partial charge in [-0.3, -0.25) is 0 Å². The molecule has 1 aromatic rings. The molecule has 1 atom stereocenters. The fraction of sp³-hybridized carbons (Fsp3) is 0.583. The SMILES string of the molecule is Cc1cnc(N2CCC(CCCl)C2)c(Br)c1. The van der Waals surface area contributed by atoms with Crippen molar-refractivity contribution >= 4 is 33.3 Å². The lowest BCUT2D eigenvalue weighted by Crippen LogP contribution is -2.21. The van der Waals surface area contributed by atoms with Gasteiger partial charge in [-0.15, -0.1) is 11.6 Å². The van der Waals surface area contributed by atoms with Crippen molar-refractivity contribution in [1.82, 2.24) is 4.98 Å². The molecule has 0 spiro atoms. The van der Waals surface area contributed by atoms with Crippen LogP contribution in [-0.2, 0) is 0 Å². The quantitative estimate of drug-likeness (QED) is 0.793. The first kappa shape index (κ1) is 12.2. The monoisotopic (exact) mass is 302 g/mol. The van der Waals surface area contributed by atoms with E-state index in [9.17, 15) is 0 Å². The lowest BCUT2D eigenvalue weighted by Gasteiger charge is -2.19. The van der Waals surface area contributed by atoms with Crippen LogP contribution in [0.4, 0.5) is 5.82 Å². The van der Waals surface area contributed by atoms with E-state index in [1.54, 1.807) is 0 Å². The lowest BCUT2D eigenvalue weighted by atomic mass is 10.1. The number of aryl methyl sites for hydroxylation is 1. The first-order valence-corrected chi connectivity index (χ1v) is 6.96. The van der Waals surface area contributed by atoms with Crippen molar-refractivity contribution in [2.24, 2.45) is 5.92 Å². The molecule has 88 valence electrons. The molecule has 0 bridgehead atoms. The highest BCUT2D eigenvalue weighted by atomic mass is 79.9. The van der Waals surface area contributed by atoms with Crippen molar-refractivity contribution in [2.45, 2.75) is 19.8 Å². The number of hydrogen-bond donors (Lipinski definition) is 0. The molecule has 0 radical (unpaired) electrons.